The summed E-state index contributed by atoms with van der Waals surface area (Å²) >= 11 is 11.9. The number of halogens is 2. The van der Waals surface area contributed by atoms with Crippen LogP contribution in [-0.4, -0.2) is 36.7 Å². The molecule has 6 nitrogen and oxygen atoms in total. The van der Waals surface area contributed by atoms with Crippen molar-refractivity contribution >= 4 is 39.1 Å². The van der Waals surface area contributed by atoms with Crippen LogP contribution in [0.25, 0.3) is 0 Å². The highest BCUT2D eigenvalue weighted by Crippen LogP contribution is 2.26. The van der Waals surface area contributed by atoms with Gasteiger partial charge < -0.3 is 5.32 Å². The summed E-state index contributed by atoms with van der Waals surface area (Å²) in [6.07, 6.45) is 2.97. The van der Waals surface area contributed by atoms with Crippen molar-refractivity contribution in [2.45, 2.75) is 25.1 Å². The summed E-state index contributed by atoms with van der Waals surface area (Å²) in [5, 5.41) is 3.55. The first-order valence-electron chi connectivity index (χ1n) is 8.94. The molecule has 1 amide bonds. The van der Waals surface area contributed by atoms with Crippen molar-refractivity contribution in [2.24, 2.45) is 5.92 Å². The van der Waals surface area contributed by atoms with Crippen molar-refractivity contribution in [3.8, 4) is 0 Å². The van der Waals surface area contributed by atoms with E-state index in [0.29, 0.717) is 41.5 Å². The average Bonchev–Trinajstić information content (AvgIpc) is 2.69. The summed E-state index contributed by atoms with van der Waals surface area (Å²) in [4.78, 5) is 16.7. The van der Waals surface area contributed by atoms with Crippen LogP contribution in [0.4, 0.5) is 0 Å². The lowest BCUT2D eigenvalue weighted by atomic mass is 9.99. The monoisotopic (exact) mass is 441 g/mol. The van der Waals surface area contributed by atoms with Gasteiger partial charge in [-0.2, -0.15) is 0 Å². The second kappa shape index (κ2) is 9.22. The number of rotatable bonds is 6. The molecule has 1 fully saturated rings. The van der Waals surface area contributed by atoms with Crippen molar-refractivity contribution in [1.29, 1.82) is 0 Å². The number of pyridine rings is 1. The number of hydrogen-bond donors (Lipinski definition) is 1. The van der Waals surface area contributed by atoms with Gasteiger partial charge in [-0.15, -0.1) is 0 Å². The highest BCUT2D eigenvalue weighted by atomic mass is 35.5. The Bertz CT molecular complexity index is 939. The number of amides is 1. The maximum atomic E-state index is 12.8. The molecule has 0 saturated carbocycles. The average molecular weight is 442 g/mol. The number of aromatic nitrogens is 1. The maximum absolute atomic E-state index is 12.8. The van der Waals surface area contributed by atoms with E-state index in [4.69, 9.17) is 23.2 Å². The van der Waals surface area contributed by atoms with Crippen LogP contribution in [-0.2, 0) is 27.1 Å². The normalized spacial score (nSPS) is 18.0. The second-order valence-electron chi connectivity index (χ2n) is 6.74. The van der Waals surface area contributed by atoms with Gasteiger partial charge in [0, 0.05) is 19.3 Å². The lowest BCUT2D eigenvalue weighted by Crippen LogP contribution is -2.45. The van der Waals surface area contributed by atoms with Gasteiger partial charge in [-0.3, -0.25) is 9.78 Å². The van der Waals surface area contributed by atoms with E-state index < -0.39 is 10.0 Å². The predicted octanol–water partition coefficient (Wildman–Crippen LogP) is 3.25. The van der Waals surface area contributed by atoms with Crippen LogP contribution >= 0.6 is 23.2 Å². The molecular weight excluding hydrogens is 421 g/mol. The van der Waals surface area contributed by atoms with Crippen LogP contribution in [0, 0.1) is 5.92 Å². The van der Waals surface area contributed by atoms with Gasteiger partial charge >= 0.3 is 0 Å². The zero-order chi connectivity index (χ0) is 20.1. The largest absolute Gasteiger partial charge is 0.350 e. The van der Waals surface area contributed by atoms with Gasteiger partial charge in [0.15, 0.2) is 0 Å². The van der Waals surface area contributed by atoms with E-state index in [-0.39, 0.29) is 24.1 Å². The molecule has 1 N–H and O–H groups in total. The number of sulfonamides is 1. The Hall–Kier alpha value is -1.67. The predicted molar refractivity (Wildman–Crippen MR) is 109 cm³/mol. The molecule has 0 aliphatic carbocycles. The number of piperidine rings is 1. The van der Waals surface area contributed by atoms with E-state index in [2.05, 4.69) is 10.3 Å². The molecule has 9 heteroatoms. The summed E-state index contributed by atoms with van der Waals surface area (Å²) in [6.45, 7) is 0.914. The molecule has 1 aliphatic rings. The molecule has 1 aromatic carbocycles. The zero-order valence-corrected chi connectivity index (χ0v) is 17.5. The fourth-order valence-corrected chi connectivity index (χ4v) is 5.08. The van der Waals surface area contributed by atoms with Crippen molar-refractivity contribution in [1.82, 2.24) is 14.6 Å². The lowest BCUT2D eigenvalue weighted by Gasteiger charge is -2.31. The van der Waals surface area contributed by atoms with E-state index in [1.54, 1.807) is 24.4 Å². The first kappa shape index (κ1) is 21.0. The number of benzene rings is 1. The van der Waals surface area contributed by atoms with Gasteiger partial charge in [0.25, 0.3) is 0 Å². The Morgan fingerprint density at radius 3 is 2.75 bits per heavy atom. The molecule has 1 atom stereocenters. The molecule has 1 saturated heterocycles. The van der Waals surface area contributed by atoms with Crippen LogP contribution in [0.1, 0.15) is 24.1 Å². The molecular formula is C19H21Cl2N3O3S. The van der Waals surface area contributed by atoms with Gasteiger partial charge in [-0.1, -0.05) is 35.3 Å². The molecule has 0 unspecified atom stereocenters. The SMILES string of the molecule is O=C(NCc1ccccn1)[C@H]1CCCN(S(=O)(=O)Cc2ccc(Cl)c(Cl)c2)C1. The third kappa shape index (κ3) is 5.44. The Balaban J connectivity index is 1.61. The maximum Gasteiger partial charge on any atom is 0.224 e. The van der Waals surface area contributed by atoms with E-state index >= 15 is 0 Å². The standard InChI is InChI=1S/C19H21Cl2N3O3S/c20-17-7-6-14(10-18(17)21)13-28(26,27)24-9-3-4-15(12-24)19(25)23-11-16-5-1-2-8-22-16/h1-2,5-8,10,15H,3-4,9,11-13H2,(H,23,25)/t15-/m0/s1. The van der Waals surface area contributed by atoms with Crippen molar-refractivity contribution < 1.29 is 13.2 Å². The zero-order valence-electron chi connectivity index (χ0n) is 15.1. The third-order valence-corrected chi connectivity index (χ3v) is 7.21. The number of nitrogens with zero attached hydrogens (tertiary/aromatic N) is 2. The Kier molecular flexibility index (Phi) is 6.93. The summed E-state index contributed by atoms with van der Waals surface area (Å²) in [6, 6.07) is 10.3. The van der Waals surface area contributed by atoms with Gasteiger partial charge in [-0.25, -0.2) is 12.7 Å². The lowest BCUT2D eigenvalue weighted by molar-refractivity contribution is -0.126. The topological polar surface area (TPSA) is 79.4 Å². The Morgan fingerprint density at radius 1 is 1.21 bits per heavy atom. The fraction of sp³-hybridized carbons (Fsp3) is 0.368. The number of nitrogens with one attached hydrogen (secondary N) is 1. The third-order valence-electron chi connectivity index (χ3n) is 4.65. The van der Waals surface area contributed by atoms with Gasteiger partial charge in [0.2, 0.25) is 15.9 Å². The second-order valence-corrected chi connectivity index (χ2v) is 9.52. The molecule has 0 spiro atoms. The molecule has 0 bridgehead atoms. The molecule has 0 radical (unpaired) electrons. The summed E-state index contributed by atoms with van der Waals surface area (Å²) in [5.41, 5.74) is 1.33. The van der Waals surface area contributed by atoms with Crippen LogP contribution in [0.15, 0.2) is 42.6 Å². The van der Waals surface area contributed by atoms with E-state index in [1.807, 2.05) is 18.2 Å². The first-order chi connectivity index (χ1) is 13.3. The van der Waals surface area contributed by atoms with Crippen molar-refractivity contribution in [3.63, 3.8) is 0 Å². The molecule has 3 rings (SSSR count). The highest BCUT2D eigenvalue weighted by Gasteiger charge is 2.32. The van der Waals surface area contributed by atoms with Crippen LogP contribution in [0.3, 0.4) is 0 Å². The number of hydrogen-bond acceptors (Lipinski definition) is 4. The van der Waals surface area contributed by atoms with Crippen molar-refractivity contribution in [3.05, 3.63) is 63.9 Å². The molecule has 28 heavy (non-hydrogen) atoms. The Labute approximate surface area is 174 Å². The van der Waals surface area contributed by atoms with Crippen LogP contribution in [0.5, 0.6) is 0 Å². The van der Waals surface area contributed by atoms with Crippen LogP contribution in [0.2, 0.25) is 10.0 Å². The molecule has 2 heterocycles. The molecule has 1 aromatic heterocycles. The summed E-state index contributed by atoms with van der Waals surface area (Å²) in [7, 11) is -3.56. The smallest absolute Gasteiger partial charge is 0.224 e. The first-order valence-corrected chi connectivity index (χ1v) is 11.3. The molecule has 2 aromatic rings. The van der Waals surface area contributed by atoms with E-state index in [1.165, 1.54) is 4.31 Å². The minimum atomic E-state index is -3.56. The summed E-state index contributed by atoms with van der Waals surface area (Å²) < 4.78 is 27.0. The van der Waals surface area contributed by atoms with Gasteiger partial charge in [0.1, 0.15) is 0 Å². The van der Waals surface area contributed by atoms with Crippen molar-refractivity contribution in [2.75, 3.05) is 13.1 Å². The highest BCUT2D eigenvalue weighted by molar-refractivity contribution is 7.88. The summed E-state index contributed by atoms with van der Waals surface area (Å²) in [5.74, 6) is -0.701. The fourth-order valence-electron chi connectivity index (χ4n) is 3.17. The van der Waals surface area contributed by atoms with E-state index in [9.17, 15) is 13.2 Å². The quantitative estimate of drug-likeness (QED) is 0.745. The molecule has 1 aliphatic heterocycles. The minimum absolute atomic E-state index is 0.153. The molecule has 150 valence electrons. The van der Waals surface area contributed by atoms with Gasteiger partial charge in [0.05, 0.1) is 34.0 Å². The van der Waals surface area contributed by atoms with Crippen LogP contribution < -0.4 is 5.32 Å². The minimum Gasteiger partial charge on any atom is -0.350 e. The van der Waals surface area contributed by atoms with E-state index in [0.717, 1.165) is 5.69 Å². The number of carbonyl (C=O) groups excluding carboxylic acids is 1. The Morgan fingerprint density at radius 2 is 2.04 bits per heavy atom. The van der Waals surface area contributed by atoms with Gasteiger partial charge in [-0.05, 0) is 42.7 Å². The number of carbonyl (C=O) groups is 1.